The lowest BCUT2D eigenvalue weighted by Crippen LogP contribution is -2.35. The smallest absolute Gasteiger partial charge is 0.224 e. The number of carbonyl (C=O) groups excluding carboxylic acids is 1. The molecule has 2 N–H and O–H groups in total. The highest BCUT2D eigenvalue weighted by Crippen LogP contribution is 2.32. The predicted octanol–water partition coefficient (Wildman–Crippen LogP) is 1.15. The van der Waals surface area contributed by atoms with E-state index in [2.05, 4.69) is 6.58 Å². The van der Waals surface area contributed by atoms with Crippen LogP contribution in [0.3, 0.4) is 0 Å². The Morgan fingerprint density at radius 2 is 2.21 bits per heavy atom. The molecule has 0 saturated heterocycles. The van der Waals surface area contributed by atoms with Gasteiger partial charge in [0, 0.05) is 26.1 Å². The molecule has 1 atom stereocenters. The number of nitrogens with zero attached hydrogens (tertiary/aromatic N) is 1. The third-order valence-electron chi connectivity index (χ3n) is 2.57. The summed E-state index contributed by atoms with van der Waals surface area (Å²) in [5, 5.41) is 0. The summed E-state index contributed by atoms with van der Waals surface area (Å²) >= 11 is 0. The van der Waals surface area contributed by atoms with E-state index >= 15 is 0 Å². The van der Waals surface area contributed by atoms with E-state index in [4.69, 9.17) is 5.73 Å². The van der Waals surface area contributed by atoms with Crippen molar-refractivity contribution in [2.45, 2.75) is 32.2 Å². The van der Waals surface area contributed by atoms with Crippen molar-refractivity contribution >= 4 is 5.91 Å². The Morgan fingerprint density at radius 1 is 1.64 bits per heavy atom. The normalized spacial score (nSPS) is 17.6. The van der Waals surface area contributed by atoms with Gasteiger partial charge in [0.15, 0.2) is 0 Å². The summed E-state index contributed by atoms with van der Waals surface area (Å²) in [4.78, 5) is 13.3. The molecule has 80 valence electrons. The Kier molecular flexibility index (Phi) is 3.69. The summed E-state index contributed by atoms with van der Waals surface area (Å²) in [7, 11) is 1.80. The van der Waals surface area contributed by atoms with Crippen molar-refractivity contribution in [3.05, 3.63) is 12.2 Å². The molecular weight excluding hydrogens is 176 g/mol. The molecule has 0 heterocycles. The summed E-state index contributed by atoms with van der Waals surface area (Å²) < 4.78 is 0. The fourth-order valence-electron chi connectivity index (χ4n) is 1.54. The molecular formula is C11H20N2O. The standard InChI is InChI=1S/C11H20N2O/c1-8(2)7-13(3)11(14)6-10(12)9-4-5-9/h9-10H,1,4-7,12H2,2-3H3. The van der Waals surface area contributed by atoms with Crippen LogP contribution in [0.2, 0.25) is 0 Å². The monoisotopic (exact) mass is 196 g/mol. The summed E-state index contributed by atoms with van der Waals surface area (Å²) in [6.45, 7) is 6.34. The fraction of sp³-hybridized carbons (Fsp3) is 0.727. The van der Waals surface area contributed by atoms with E-state index in [0.29, 0.717) is 18.9 Å². The van der Waals surface area contributed by atoms with Gasteiger partial charge in [0.1, 0.15) is 0 Å². The third-order valence-corrected chi connectivity index (χ3v) is 2.57. The minimum absolute atomic E-state index is 0.0649. The van der Waals surface area contributed by atoms with Crippen LogP contribution in [0, 0.1) is 5.92 Å². The summed E-state index contributed by atoms with van der Waals surface area (Å²) in [5.74, 6) is 0.726. The minimum Gasteiger partial charge on any atom is -0.342 e. The van der Waals surface area contributed by atoms with Crippen molar-refractivity contribution in [3.63, 3.8) is 0 Å². The van der Waals surface area contributed by atoms with Gasteiger partial charge in [0.2, 0.25) is 5.91 Å². The first-order valence-corrected chi connectivity index (χ1v) is 5.14. The number of carbonyl (C=O) groups is 1. The van der Waals surface area contributed by atoms with Crippen LogP contribution in [0.15, 0.2) is 12.2 Å². The highest BCUT2D eigenvalue weighted by molar-refractivity contribution is 5.76. The van der Waals surface area contributed by atoms with Gasteiger partial charge in [-0.2, -0.15) is 0 Å². The van der Waals surface area contributed by atoms with Crippen LogP contribution < -0.4 is 5.73 Å². The van der Waals surface area contributed by atoms with Crippen molar-refractivity contribution < 1.29 is 4.79 Å². The largest absolute Gasteiger partial charge is 0.342 e. The number of rotatable bonds is 5. The second-order valence-corrected chi connectivity index (χ2v) is 4.41. The zero-order valence-corrected chi connectivity index (χ0v) is 9.12. The van der Waals surface area contributed by atoms with Gasteiger partial charge in [0.25, 0.3) is 0 Å². The molecule has 0 aliphatic heterocycles. The molecule has 1 aliphatic rings. The molecule has 1 saturated carbocycles. The highest BCUT2D eigenvalue weighted by Gasteiger charge is 2.30. The van der Waals surface area contributed by atoms with E-state index in [0.717, 1.165) is 5.57 Å². The lowest BCUT2D eigenvalue weighted by atomic mass is 10.1. The molecule has 1 aliphatic carbocycles. The Hall–Kier alpha value is -0.830. The van der Waals surface area contributed by atoms with Crippen molar-refractivity contribution in [2.75, 3.05) is 13.6 Å². The van der Waals surface area contributed by atoms with Crippen LogP contribution in [-0.2, 0) is 4.79 Å². The highest BCUT2D eigenvalue weighted by atomic mass is 16.2. The first-order chi connectivity index (χ1) is 6.50. The number of hydrogen-bond donors (Lipinski definition) is 1. The molecule has 3 heteroatoms. The first-order valence-electron chi connectivity index (χ1n) is 5.14. The predicted molar refractivity (Wildman–Crippen MR) is 57.8 cm³/mol. The second-order valence-electron chi connectivity index (χ2n) is 4.41. The number of amides is 1. The van der Waals surface area contributed by atoms with Gasteiger partial charge in [-0.05, 0) is 25.7 Å². The lowest BCUT2D eigenvalue weighted by molar-refractivity contribution is -0.129. The maximum atomic E-state index is 11.6. The molecule has 1 unspecified atom stereocenters. The van der Waals surface area contributed by atoms with Crippen molar-refractivity contribution in [2.24, 2.45) is 11.7 Å². The number of nitrogens with two attached hydrogens (primary N) is 1. The Balaban J connectivity index is 2.28. The van der Waals surface area contributed by atoms with Gasteiger partial charge in [-0.3, -0.25) is 4.79 Å². The van der Waals surface area contributed by atoms with Gasteiger partial charge in [0.05, 0.1) is 0 Å². The average molecular weight is 196 g/mol. The van der Waals surface area contributed by atoms with Crippen molar-refractivity contribution in [1.29, 1.82) is 0 Å². The molecule has 1 amide bonds. The van der Waals surface area contributed by atoms with Crippen LogP contribution >= 0.6 is 0 Å². The van der Waals surface area contributed by atoms with E-state index < -0.39 is 0 Å². The third kappa shape index (κ3) is 3.50. The number of likely N-dealkylation sites (N-methyl/N-ethyl adjacent to an activating group) is 1. The average Bonchev–Trinajstić information content (AvgIpc) is 2.84. The summed E-state index contributed by atoms with van der Waals surface area (Å²) in [5.41, 5.74) is 6.88. The number of hydrogen-bond acceptors (Lipinski definition) is 2. The molecule has 0 aromatic carbocycles. The van der Waals surface area contributed by atoms with E-state index in [1.54, 1.807) is 11.9 Å². The van der Waals surface area contributed by atoms with Crippen LogP contribution in [0.1, 0.15) is 26.2 Å². The second kappa shape index (κ2) is 4.60. The Morgan fingerprint density at radius 3 is 2.64 bits per heavy atom. The van der Waals surface area contributed by atoms with E-state index in [9.17, 15) is 4.79 Å². The van der Waals surface area contributed by atoms with Crippen LogP contribution in [0.4, 0.5) is 0 Å². The quantitative estimate of drug-likeness (QED) is 0.670. The van der Waals surface area contributed by atoms with Crippen LogP contribution in [0.5, 0.6) is 0 Å². The topological polar surface area (TPSA) is 46.3 Å². The Bertz CT molecular complexity index is 233. The van der Waals surface area contributed by atoms with Gasteiger partial charge < -0.3 is 10.6 Å². The van der Waals surface area contributed by atoms with Crippen LogP contribution in [-0.4, -0.2) is 30.4 Å². The van der Waals surface area contributed by atoms with Crippen LogP contribution in [0.25, 0.3) is 0 Å². The summed E-state index contributed by atoms with van der Waals surface area (Å²) in [6.07, 6.45) is 2.87. The molecule has 0 aromatic heterocycles. The maximum Gasteiger partial charge on any atom is 0.224 e. The molecule has 0 radical (unpaired) electrons. The molecule has 0 spiro atoms. The zero-order valence-electron chi connectivity index (χ0n) is 9.12. The van der Waals surface area contributed by atoms with E-state index in [1.807, 2.05) is 6.92 Å². The Labute approximate surface area is 86.0 Å². The molecule has 0 bridgehead atoms. The molecule has 1 rings (SSSR count). The van der Waals surface area contributed by atoms with Gasteiger partial charge in [-0.15, -0.1) is 0 Å². The van der Waals surface area contributed by atoms with Crippen molar-refractivity contribution in [1.82, 2.24) is 4.90 Å². The fourth-order valence-corrected chi connectivity index (χ4v) is 1.54. The van der Waals surface area contributed by atoms with Gasteiger partial charge >= 0.3 is 0 Å². The molecule has 14 heavy (non-hydrogen) atoms. The van der Waals surface area contributed by atoms with E-state index in [-0.39, 0.29) is 11.9 Å². The maximum absolute atomic E-state index is 11.6. The molecule has 3 nitrogen and oxygen atoms in total. The SMILES string of the molecule is C=C(C)CN(C)C(=O)CC(N)C1CC1. The minimum atomic E-state index is 0.0649. The van der Waals surface area contributed by atoms with Gasteiger partial charge in [-0.25, -0.2) is 0 Å². The van der Waals surface area contributed by atoms with Crippen molar-refractivity contribution in [3.8, 4) is 0 Å². The molecule has 1 fully saturated rings. The zero-order chi connectivity index (χ0) is 10.7. The lowest BCUT2D eigenvalue weighted by Gasteiger charge is -2.19. The van der Waals surface area contributed by atoms with Gasteiger partial charge in [-0.1, -0.05) is 12.2 Å². The summed E-state index contributed by atoms with van der Waals surface area (Å²) in [6, 6.07) is 0.0649. The molecule has 0 aromatic rings. The van der Waals surface area contributed by atoms with E-state index in [1.165, 1.54) is 12.8 Å². The first kappa shape index (κ1) is 11.2.